The Bertz CT molecular complexity index is 1230. The van der Waals surface area contributed by atoms with Crippen molar-refractivity contribution in [1.29, 1.82) is 0 Å². The van der Waals surface area contributed by atoms with Gasteiger partial charge in [-0.1, -0.05) is 27.5 Å². The van der Waals surface area contributed by atoms with Crippen molar-refractivity contribution in [3.8, 4) is 5.75 Å². The Morgan fingerprint density at radius 2 is 1.74 bits per heavy atom. The highest BCUT2D eigenvalue weighted by Crippen LogP contribution is 2.60. The summed E-state index contributed by atoms with van der Waals surface area (Å²) < 4.78 is 12.0. The molecule has 0 radical (unpaired) electrons. The van der Waals surface area contributed by atoms with Gasteiger partial charge in [0.1, 0.15) is 17.4 Å². The summed E-state index contributed by atoms with van der Waals surface area (Å²) in [5.74, 6) is -1.90. The zero-order valence-electron chi connectivity index (χ0n) is 21.4. The first-order valence-electron chi connectivity index (χ1n) is 13.1. The zero-order valence-corrected chi connectivity index (χ0v) is 23.8. The fourth-order valence-corrected chi connectivity index (χ4v) is 7.20. The number of likely N-dealkylation sites (tertiary alicyclic amines) is 1. The van der Waals surface area contributed by atoms with Crippen molar-refractivity contribution < 1.29 is 29.0 Å². The monoisotopic (exact) mass is 619 g/mol. The molecule has 2 aromatic carbocycles. The molecule has 11 heteroatoms. The van der Waals surface area contributed by atoms with E-state index in [4.69, 9.17) is 21.1 Å². The van der Waals surface area contributed by atoms with Crippen LogP contribution in [0.3, 0.4) is 0 Å². The molecule has 3 aliphatic heterocycles. The van der Waals surface area contributed by atoms with Crippen molar-refractivity contribution in [3.05, 3.63) is 53.6 Å². The van der Waals surface area contributed by atoms with Crippen molar-refractivity contribution in [3.63, 3.8) is 0 Å². The van der Waals surface area contributed by atoms with E-state index in [0.29, 0.717) is 48.0 Å². The topological polar surface area (TPSA) is 117 Å². The predicted octanol–water partition coefficient (Wildman–Crippen LogP) is 3.84. The highest BCUT2D eigenvalue weighted by molar-refractivity contribution is 9.09. The van der Waals surface area contributed by atoms with Crippen molar-refractivity contribution in [1.82, 2.24) is 4.90 Å². The maximum atomic E-state index is 13.9. The Kier molecular flexibility index (Phi) is 8.19. The molecular formula is C28H31BrClN3O6. The number of benzene rings is 2. The molecule has 3 saturated heterocycles. The second-order valence-corrected chi connectivity index (χ2v) is 11.7. The number of aliphatic hydroxyl groups excluding tert-OH is 1. The van der Waals surface area contributed by atoms with E-state index < -0.39 is 29.6 Å². The summed E-state index contributed by atoms with van der Waals surface area (Å²) in [7, 11) is 0. The molecule has 3 aliphatic rings. The van der Waals surface area contributed by atoms with Crippen molar-refractivity contribution in [2.24, 2.45) is 11.8 Å². The number of fused-ring (bicyclic) bond motifs is 1. The molecule has 39 heavy (non-hydrogen) atoms. The molecule has 0 aliphatic carbocycles. The number of anilines is 2. The summed E-state index contributed by atoms with van der Waals surface area (Å²) in [5.41, 5.74) is -0.0413. The second-order valence-electron chi connectivity index (χ2n) is 10.1. The average Bonchev–Trinajstić information content (AvgIpc) is 3.50. The van der Waals surface area contributed by atoms with Crippen LogP contribution in [0.25, 0.3) is 0 Å². The summed E-state index contributed by atoms with van der Waals surface area (Å²) in [6.45, 7) is 2.68. The van der Waals surface area contributed by atoms with Crippen LogP contribution in [0.4, 0.5) is 11.4 Å². The van der Waals surface area contributed by atoms with E-state index in [1.807, 2.05) is 6.92 Å². The number of alkyl halides is 1. The SMILES string of the molecule is CCOc1ccc(NC(=O)[C@H]2[C@H]3C(=O)N(CCCCO)C(C(=O)Nc4ccc(Cl)cc4)C34CC(Br)[C@@H]2O4)cc1. The fourth-order valence-electron chi connectivity index (χ4n) is 6.13. The van der Waals surface area contributed by atoms with E-state index in [-0.39, 0.29) is 35.7 Å². The third-order valence-corrected chi connectivity index (χ3v) is 8.79. The largest absolute Gasteiger partial charge is 0.494 e. The molecular weight excluding hydrogens is 590 g/mol. The van der Waals surface area contributed by atoms with Gasteiger partial charge in [-0.3, -0.25) is 14.4 Å². The van der Waals surface area contributed by atoms with Gasteiger partial charge in [-0.15, -0.1) is 0 Å². The molecule has 6 atom stereocenters. The second kappa shape index (κ2) is 11.4. The van der Waals surface area contributed by atoms with Crippen LogP contribution in [0.15, 0.2) is 48.5 Å². The normalized spacial score (nSPS) is 28.9. The summed E-state index contributed by atoms with van der Waals surface area (Å²) in [6.07, 6.45) is 0.849. The van der Waals surface area contributed by atoms with Gasteiger partial charge in [-0.25, -0.2) is 0 Å². The molecule has 9 nitrogen and oxygen atoms in total. The minimum Gasteiger partial charge on any atom is -0.494 e. The van der Waals surface area contributed by atoms with Gasteiger partial charge in [-0.2, -0.15) is 0 Å². The van der Waals surface area contributed by atoms with E-state index in [2.05, 4.69) is 26.6 Å². The van der Waals surface area contributed by atoms with Crippen LogP contribution < -0.4 is 15.4 Å². The number of carbonyl (C=O) groups is 3. The molecule has 1 spiro atoms. The lowest BCUT2D eigenvalue weighted by molar-refractivity contribution is -0.139. The molecule has 3 heterocycles. The quantitative estimate of drug-likeness (QED) is 0.275. The lowest BCUT2D eigenvalue weighted by Crippen LogP contribution is -2.54. The number of halogens is 2. The van der Waals surface area contributed by atoms with Gasteiger partial charge in [-0.05, 0) is 74.7 Å². The molecule has 0 aromatic heterocycles. The summed E-state index contributed by atoms with van der Waals surface area (Å²) in [4.78, 5) is 42.7. The number of hydrogen-bond donors (Lipinski definition) is 3. The maximum absolute atomic E-state index is 13.9. The van der Waals surface area contributed by atoms with E-state index in [9.17, 15) is 19.5 Å². The first-order chi connectivity index (χ1) is 18.8. The molecule has 3 amide bonds. The van der Waals surface area contributed by atoms with Crippen LogP contribution in [0.1, 0.15) is 26.2 Å². The number of aliphatic hydroxyl groups is 1. The number of nitrogens with zero attached hydrogens (tertiary/aromatic N) is 1. The summed E-state index contributed by atoms with van der Waals surface area (Å²) in [5, 5.41) is 15.7. The molecule has 3 fully saturated rings. The van der Waals surface area contributed by atoms with Gasteiger partial charge in [0.25, 0.3) is 0 Å². The Morgan fingerprint density at radius 3 is 2.38 bits per heavy atom. The summed E-state index contributed by atoms with van der Waals surface area (Å²) in [6, 6.07) is 12.8. The van der Waals surface area contributed by atoms with Gasteiger partial charge < -0.3 is 30.1 Å². The van der Waals surface area contributed by atoms with Crippen LogP contribution in [0, 0.1) is 11.8 Å². The number of ether oxygens (including phenoxy) is 2. The minimum atomic E-state index is -1.16. The van der Waals surface area contributed by atoms with E-state index in [0.717, 1.165) is 0 Å². The first kappa shape index (κ1) is 27.9. The molecule has 0 saturated carbocycles. The van der Waals surface area contributed by atoms with Crippen LogP contribution >= 0.6 is 27.5 Å². The molecule has 3 N–H and O–H groups in total. The van der Waals surface area contributed by atoms with Crippen LogP contribution in [0.2, 0.25) is 5.02 Å². The number of hydrogen-bond acceptors (Lipinski definition) is 6. The summed E-state index contributed by atoms with van der Waals surface area (Å²) >= 11 is 9.67. The molecule has 3 unspecified atom stereocenters. The standard InChI is InChI=1S/C28H31BrClN3O6/c1-2-38-19-11-9-18(10-12-19)31-25(35)21-22-27(37)33(13-3-4-14-34)24(28(22)15-20(29)23(21)39-28)26(36)32-17-7-5-16(30)6-8-17/h5-12,20-24,34H,2-4,13-15H2,1H3,(H,31,35)(H,32,36)/t20?,21-,22-,23-,24?,28?/m0/s1. The Labute approximate surface area is 240 Å². The van der Waals surface area contributed by atoms with Crippen LogP contribution in [-0.2, 0) is 19.1 Å². The average molecular weight is 621 g/mol. The zero-order chi connectivity index (χ0) is 27.7. The molecule has 5 rings (SSSR count). The van der Waals surface area contributed by atoms with Crippen molar-refractivity contribution in [2.75, 3.05) is 30.4 Å². The highest BCUT2D eigenvalue weighted by Gasteiger charge is 2.76. The van der Waals surface area contributed by atoms with Crippen LogP contribution in [0.5, 0.6) is 5.75 Å². The lowest BCUT2D eigenvalue weighted by atomic mass is 9.70. The Balaban J connectivity index is 1.43. The third kappa shape index (κ3) is 5.15. The Morgan fingerprint density at radius 1 is 1.10 bits per heavy atom. The third-order valence-electron chi connectivity index (χ3n) is 7.69. The Hall–Kier alpha value is -2.66. The van der Waals surface area contributed by atoms with Crippen molar-refractivity contribution in [2.45, 2.75) is 48.8 Å². The predicted molar refractivity (Wildman–Crippen MR) is 150 cm³/mol. The number of carbonyl (C=O) groups excluding carboxylic acids is 3. The maximum Gasteiger partial charge on any atom is 0.250 e. The minimum absolute atomic E-state index is 0.0204. The number of amides is 3. The smallest absolute Gasteiger partial charge is 0.250 e. The van der Waals surface area contributed by atoms with E-state index >= 15 is 0 Å². The van der Waals surface area contributed by atoms with Crippen molar-refractivity contribution >= 4 is 56.6 Å². The van der Waals surface area contributed by atoms with Gasteiger partial charge in [0.15, 0.2) is 0 Å². The first-order valence-corrected chi connectivity index (χ1v) is 14.4. The molecule has 2 bridgehead atoms. The number of nitrogens with one attached hydrogen (secondary N) is 2. The van der Waals surface area contributed by atoms with Gasteiger partial charge in [0.2, 0.25) is 17.7 Å². The van der Waals surface area contributed by atoms with Gasteiger partial charge >= 0.3 is 0 Å². The van der Waals surface area contributed by atoms with E-state index in [1.54, 1.807) is 48.5 Å². The number of rotatable bonds is 10. The van der Waals surface area contributed by atoms with E-state index in [1.165, 1.54) is 4.90 Å². The highest BCUT2D eigenvalue weighted by atomic mass is 79.9. The molecule has 208 valence electrons. The lowest BCUT2D eigenvalue weighted by Gasteiger charge is -2.34. The van der Waals surface area contributed by atoms with Gasteiger partial charge in [0, 0.05) is 34.4 Å². The van der Waals surface area contributed by atoms with Gasteiger partial charge in [0.05, 0.1) is 24.5 Å². The van der Waals surface area contributed by atoms with Crippen LogP contribution in [-0.4, -0.2) is 70.1 Å². The molecule has 2 aromatic rings. The number of unbranched alkanes of at least 4 members (excludes halogenated alkanes) is 1. The fraction of sp³-hybridized carbons (Fsp3) is 0.464.